The van der Waals surface area contributed by atoms with Crippen molar-refractivity contribution in [1.29, 1.82) is 0 Å². The second kappa shape index (κ2) is 7.64. The first-order chi connectivity index (χ1) is 14.7. The molecule has 3 aromatic carbocycles. The molecule has 5 heteroatoms. The van der Waals surface area contributed by atoms with Gasteiger partial charge in [-0.1, -0.05) is 6.07 Å². The highest BCUT2D eigenvalue weighted by atomic mass is 16.5. The second-order valence-electron chi connectivity index (χ2n) is 8.33. The highest BCUT2D eigenvalue weighted by Crippen LogP contribution is 2.44. The highest BCUT2D eigenvalue weighted by Gasteiger charge is 2.34. The Morgan fingerprint density at radius 3 is 2.23 bits per heavy atom. The van der Waals surface area contributed by atoms with Crippen LogP contribution in [0.25, 0.3) is 21.5 Å². The summed E-state index contributed by atoms with van der Waals surface area (Å²) in [5.74, 6) is 2.40. The first-order valence-electron chi connectivity index (χ1n) is 10.6. The van der Waals surface area contributed by atoms with Gasteiger partial charge in [-0.15, -0.1) is 0 Å². The van der Waals surface area contributed by atoms with Gasteiger partial charge in [0.25, 0.3) is 0 Å². The van der Waals surface area contributed by atoms with E-state index in [1.807, 2.05) is 7.11 Å². The molecule has 1 fully saturated rings. The molecule has 2 aliphatic rings. The van der Waals surface area contributed by atoms with E-state index in [0.717, 1.165) is 49.6 Å². The fourth-order valence-corrected chi connectivity index (χ4v) is 5.36. The summed E-state index contributed by atoms with van der Waals surface area (Å²) in [6, 6.07) is 11.2. The van der Waals surface area contributed by atoms with Crippen molar-refractivity contribution in [1.82, 2.24) is 4.90 Å². The zero-order chi connectivity index (χ0) is 20.8. The zero-order valence-electron chi connectivity index (χ0n) is 18.2. The molecule has 5 nitrogen and oxygen atoms in total. The average molecular weight is 408 g/mol. The molecule has 2 aliphatic heterocycles. The molecule has 2 atom stereocenters. The zero-order valence-corrected chi connectivity index (χ0v) is 18.2. The summed E-state index contributed by atoms with van der Waals surface area (Å²) in [6.45, 7) is 2.06. The van der Waals surface area contributed by atoms with Crippen molar-refractivity contribution in [3.05, 3.63) is 41.5 Å². The molecule has 0 radical (unpaired) electrons. The number of hydrogen-bond acceptors (Lipinski definition) is 5. The molecule has 3 aromatic rings. The fraction of sp³-hybridized carbons (Fsp3) is 0.440. The molecule has 0 N–H and O–H groups in total. The number of fused-ring (bicyclic) bond motifs is 7. The molecule has 0 aromatic heterocycles. The molecule has 0 amide bonds. The molecule has 0 aliphatic carbocycles. The van der Waals surface area contributed by atoms with Crippen molar-refractivity contribution in [3.8, 4) is 17.2 Å². The standard InChI is InChI=1S/C25H29NO4/c1-27-16-5-6-18-20(11-16)22-13-25(30-4)24(29-3)12-21(22)19-10-15-9-17(28-2)7-8-26(15)14-23(18)19/h5-6,11-13,15,17H,7-10,14H2,1-4H3/t15-,17+/m1/s1. The maximum absolute atomic E-state index is 5.70. The molecular formula is C25H29NO4. The number of rotatable bonds is 4. The summed E-state index contributed by atoms with van der Waals surface area (Å²) in [4.78, 5) is 2.63. The van der Waals surface area contributed by atoms with Crippen LogP contribution in [-0.4, -0.2) is 52.0 Å². The smallest absolute Gasteiger partial charge is 0.161 e. The lowest BCUT2D eigenvalue weighted by molar-refractivity contribution is 0.00414. The van der Waals surface area contributed by atoms with Gasteiger partial charge >= 0.3 is 0 Å². The van der Waals surface area contributed by atoms with E-state index in [9.17, 15) is 0 Å². The second-order valence-corrected chi connectivity index (χ2v) is 8.33. The summed E-state index contributed by atoms with van der Waals surface area (Å²) in [7, 11) is 6.95. The Kier molecular flexibility index (Phi) is 4.95. The van der Waals surface area contributed by atoms with Crippen molar-refractivity contribution >= 4 is 21.5 Å². The predicted molar refractivity (Wildman–Crippen MR) is 119 cm³/mol. The van der Waals surface area contributed by atoms with E-state index in [0.29, 0.717) is 12.1 Å². The molecule has 5 rings (SSSR count). The van der Waals surface area contributed by atoms with E-state index in [1.165, 1.54) is 32.7 Å². The van der Waals surface area contributed by atoms with Gasteiger partial charge in [-0.05, 0) is 76.2 Å². The van der Waals surface area contributed by atoms with Crippen LogP contribution in [0.3, 0.4) is 0 Å². The maximum Gasteiger partial charge on any atom is 0.161 e. The van der Waals surface area contributed by atoms with Crippen LogP contribution < -0.4 is 14.2 Å². The lowest BCUT2D eigenvalue weighted by Gasteiger charge is -2.43. The van der Waals surface area contributed by atoms with Crippen molar-refractivity contribution < 1.29 is 18.9 Å². The quantitative estimate of drug-likeness (QED) is 0.593. The largest absolute Gasteiger partial charge is 0.497 e. The maximum atomic E-state index is 5.70. The van der Waals surface area contributed by atoms with Crippen LogP contribution in [0.2, 0.25) is 0 Å². The van der Waals surface area contributed by atoms with Gasteiger partial charge in [0.15, 0.2) is 11.5 Å². The minimum Gasteiger partial charge on any atom is -0.497 e. The summed E-state index contributed by atoms with van der Waals surface area (Å²) in [6.07, 6.45) is 3.58. The lowest BCUT2D eigenvalue weighted by Crippen LogP contribution is -2.48. The van der Waals surface area contributed by atoms with E-state index in [1.54, 1.807) is 21.3 Å². The van der Waals surface area contributed by atoms with Gasteiger partial charge in [0, 0.05) is 26.2 Å². The molecule has 0 saturated carbocycles. The van der Waals surface area contributed by atoms with Crippen LogP contribution in [0.1, 0.15) is 24.0 Å². The van der Waals surface area contributed by atoms with E-state index in [4.69, 9.17) is 18.9 Å². The topological polar surface area (TPSA) is 40.2 Å². The van der Waals surface area contributed by atoms with Gasteiger partial charge in [-0.25, -0.2) is 0 Å². The van der Waals surface area contributed by atoms with Crippen LogP contribution >= 0.6 is 0 Å². The normalized spacial score (nSPS) is 21.3. The molecular weight excluding hydrogens is 378 g/mol. The van der Waals surface area contributed by atoms with Gasteiger partial charge in [-0.3, -0.25) is 4.90 Å². The highest BCUT2D eigenvalue weighted by molar-refractivity contribution is 6.12. The molecule has 158 valence electrons. The minimum absolute atomic E-state index is 0.360. The number of benzene rings is 3. The van der Waals surface area contributed by atoms with E-state index in [2.05, 4.69) is 35.2 Å². The van der Waals surface area contributed by atoms with Crippen molar-refractivity contribution in [3.63, 3.8) is 0 Å². The van der Waals surface area contributed by atoms with Crippen molar-refractivity contribution in [2.75, 3.05) is 35.0 Å². The third-order valence-electron chi connectivity index (χ3n) is 6.98. The van der Waals surface area contributed by atoms with E-state index in [-0.39, 0.29) is 0 Å². The Morgan fingerprint density at radius 1 is 0.800 bits per heavy atom. The Bertz CT molecular complexity index is 1110. The Morgan fingerprint density at radius 2 is 1.53 bits per heavy atom. The third kappa shape index (κ3) is 2.99. The molecule has 0 bridgehead atoms. The van der Waals surface area contributed by atoms with Gasteiger partial charge in [-0.2, -0.15) is 0 Å². The molecule has 0 spiro atoms. The summed E-state index contributed by atoms with van der Waals surface area (Å²) >= 11 is 0. The van der Waals surface area contributed by atoms with Crippen LogP contribution in [0.5, 0.6) is 17.2 Å². The van der Waals surface area contributed by atoms with Crippen molar-refractivity contribution in [2.24, 2.45) is 0 Å². The Hall–Kier alpha value is -2.50. The summed E-state index contributed by atoms with van der Waals surface area (Å²) in [5, 5.41) is 4.95. The van der Waals surface area contributed by atoms with Crippen LogP contribution in [-0.2, 0) is 17.7 Å². The van der Waals surface area contributed by atoms with E-state index < -0.39 is 0 Å². The molecule has 2 heterocycles. The van der Waals surface area contributed by atoms with Gasteiger partial charge in [0.05, 0.1) is 27.4 Å². The molecule has 1 saturated heterocycles. The number of piperidine rings is 1. The van der Waals surface area contributed by atoms with Crippen LogP contribution in [0.4, 0.5) is 0 Å². The average Bonchev–Trinajstić information content (AvgIpc) is 2.81. The fourth-order valence-electron chi connectivity index (χ4n) is 5.36. The van der Waals surface area contributed by atoms with Gasteiger partial charge < -0.3 is 18.9 Å². The van der Waals surface area contributed by atoms with Crippen LogP contribution in [0, 0.1) is 0 Å². The summed E-state index contributed by atoms with van der Waals surface area (Å²) < 4.78 is 22.5. The van der Waals surface area contributed by atoms with E-state index >= 15 is 0 Å². The van der Waals surface area contributed by atoms with Gasteiger partial charge in [0.2, 0.25) is 0 Å². The summed E-state index contributed by atoms with van der Waals surface area (Å²) in [5.41, 5.74) is 2.86. The number of methoxy groups -OCH3 is 4. The van der Waals surface area contributed by atoms with Crippen LogP contribution in [0.15, 0.2) is 30.3 Å². The SMILES string of the molecule is COc1ccc2c3c(c4cc(OC)c(OC)cc4c2c1)C[C@H]1C[C@@H](OC)CCN1C3. The Labute approximate surface area is 177 Å². The number of nitrogens with zero attached hydrogens (tertiary/aromatic N) is 1. The first kappa shape index (κ1) is 19.5. The molecule has 0 unspecified atom stereocenters. The first-order valence-corrected chi connectivity index (χ1v) is 10.6. The van der Waals surface area contributed by atoms with Crippen molar-refractivity contribution in [2.45, 2.75) is 38.0 Å². The minimum atomic E-state index is 0.360. The van der Waals surface area contributed by atoms with Gasteiger partial charge in [0.1, 0.15) is 5.75 Å². The lowest BCUT2D eigenvalue weighted by atomic mass is 9.82. The number of ether oxygens (including phenoxy) is 4. The Balaban J connectivity index is 1.78. The third-order valence-corrected chi connectivity index (χ3v) is 6.98. The predicted octanol–water partition coefficient (Wildman–Crippen LogP) is 4.55. The molecule has 30 heavy (non-hydrogen) atoms. The number of hydrogen-bond donors (Lipinski definition) is 0. The monoisotopic (exact) mass is 407 g/mol.